The standard InChI is InChI=1S/C15H22N2O2/c1-17(15(18)12-7-9-16-10-8-12)11-13-5-3-4-6-14(13)19-2/h3-6,12,16H,7-11H2,1-2H3. The second-order valence-electron chi connectivity index (χ2n) is 5.03. The van der Waals surface area contributed by atoms with Crippen LogP contribution in [0.1, 0.15) is 18.4 Å². The number of rotatable bonds is 4. The first-order chi connectivity index (χ1) is 9.22. The lowest BCUT2D eigenvalue weighted by atomic mass is 9.96. The SMILES string of the molecule is COc1ccccc1CN(C)C(=O)C1CCNCC1. The average molecular weight is 262 g/mol. The van der Waals surface area contributed by atoms with Crippen LogP contribution >= 0.6 is 0 Å². The van der Waals surface area contributed by atoms with E-state index in [9.17, 15) is 4.79 Å². The van der Waals surface area contributed by atoms with Gasteiger partial charge in [0, 0.05) is 25.1 Å². The fraction of sp³-hybridized carbons (Fsp3) is 0.533. The molecule has 1 aromatic carbocycles. The largest absolute Gasteiger partial charge is 0.496 e. The minimum Gasteiger partial charge on any atom is -0.496 e. The van der Waals surface area contributed by atoms with E-state index in [0.717, 1.165) is 37.2 Å². The van der Waals surface area contributed by atoms with E-state index >= 15 is 0 Å². The van der Waals surface area contributed by atoms with Gasteiger partial charge in [0.2, 0.25) is 5.91 Å². The van der Waals surface area contributed by atoms with Gasteiger partial charge in [0.1, 0.15) is 5.75 Å². The molecule has 1 fully saturated rings. The van der Waals surface area contributed by atoms with Crippen molar-refractivity contribution in [2.45, 2.75) is 19.4 Å². The van der Waals surface area contributed by atoms with Crippen LogP contribution < -0.4 is 10.1 Å². The second-order valence-corrected chi connectivity index (χ2v) is 5.03. The fourth-order valence-corrected chi connectivity index (χ4v) is 2.55. The molecule has 4 nitrogen and oxygen atoms in total. The number of benzene rings is 1. The molecule has 1 aliphatic rings. The predicted octanol–water partition coefficient (Wildman–Crippen LogP) is 1.65. The number of para-hydroxylation sites is 1. The van der Waals surface area contributed by atoms with Crippen LogP contribution in [0, 0.1) is 5.92 Å². The number of nitrogens with one attached hydrogen (secondary N) is 1. The molecule has 1 saturated heterocycles. The Bertz CT molecular complexity index is 428. The highest BCUT2D eigenvalue weighted by Crippen LogP contribution is 2.21. The van der Waals surface area contributed by atoms with Gasteiger partial charge in [0.05, 0.1) is 7.11 Å². The third-order valence-corrected chi connectivity index (χ3v) is 3.66. The van der Waals surface area contributed by atoms with E-state index in [1.807, 2.05) is 36.2 Å². The number of hydrogen-bond acceptors (Lipinski definition) is 3. The molecule has 0 bridgehead atoms. The molecule has 2 rings (SSSR count). The first-order valence-corrected chi connectivity index (χ1v) is 6.80. The number of nitrogens with zero attached hydrogens (tertiary/aromatic N) is 1. The lowest BCUT2D eigenvalue weighted by Crippen LogP contribution is -2.38. The molecule has 104 valence electrons. The van der Waals surface area contributed by atoms with E-state index < -0.39 is 0 Å². The number of piperidine rings is 1. The maximum atomic E-state index is 12.4. The number of carbonyl (C=O) groups excluding carboxylic acids is 1. The number of ether oxygens (including phenoxy) is 1. The van der Waals surface area contributed by atoms with E-state index in [-0.39, 0.29) is 11.8 Å². The Labute approximate surface area is 114 Å². The lowest BCUT2D eigenvalue weighted by Gasteiger charge is -2.27. The monoisotopic (exact) mass is 262 g/mol. The molecule has 0 aliphatic carbocycles. The van der Waals surface area contributed by atoms with E-state index in [1.54, 1.807) is 7.11 Å². The summed E-state index contributed by atoms with van der Waals surface area (Å²) in [6.07, 6.45) is 1.88. The molecule has 1 aliphatic heterocycles. The van der Waals surface area contributed by atoms with Crippen LogP contribution in [0.15, 0.2) is 24.3 Å². The minimum absolute atomic E-state index is 0.168. The summed E-state index contributed by atoms with van der Waals surface area (Å²) < 4.78 is 5.32. The first-order valence-electron chi connectivity index (χ1n) is 6.80. The number of methoxy groups -OCH3 is 1. The third-order valence-electron chi connectivity index (χ3n) is 3.66. The normalized spacial score (nSPS) is 16.1. The highest BCUT2D eigenvalue weighted by atomic mass is 16.5. The summed E-state index contributed by atoms with van der Waals surface area (Å²) in [5, 5.41) is 3.29. The molecular weight excluding hydrogens is 240 g/mol. The van der Waals surface area contributed by atoms with Crippen molar-refractivity contribution in [1.82, 2.24) is 10.2 Å². The van der Waals surface area contributed by atoms with Crippen LogP contribution in [0.5, 0.6) is 5.75 Å². The molecule has 19 heavy (non-hydrogen) atoms. The summed E-state index contributed by atoms with van der Waals surface area (Å²) in [5.74, 6) is 1.25. The van der Waals surface area contributed by atoms with Crippen molar-refractivity contribution in [2.24, 2.45) is 5.92 Å². The summed E-state index contributed by atoms with van der Waals surface area (Å²) in [6.45, 7) is 2.49. The highest BCUT2D eigenvalue weighted by molar-refractivity contribution is 5.78. The topological polar surface area (TPSA) is 41.6 Å². The van der Waals surface area contributed by atoms with E-state index in [2.05, 4.69) is 5.32 Å². The quantitative estimate of drug-likeness (QED) is 0.897. The van der Waals surface area contributed by atoms with Gasteiger partial charge in [-0.15, -0.1) is 0 Å². The molecule has 4 heteroatoms. The summed E-state index contributed by atoms with van der Waals surface area (Å²) in [7, 11) is 3.53. The molecular formula is C15H22N2O2. The van der Waals surface area contributed by atoms with Gasteiger partial charge in [-0.25, -0.2) is 0 Å². The Morgan fingerprint density at radius 3 is 2.74 bits per heavy atom. The molecule has 0 unspecified atom stereocenters. The lowest BCUT2D eigenvalue weighted by molar-refractivity contribution is -0.135. The Balaban J connectivity index is 1.99. The van der Waals surface area contributed by atoms with Crippen molar-refractivity contribution in [3.8, 4) is 5.75 Å². The van der Waals surface area contributed by atoms with Gasteiger partial charge >= 0.3 is 0 Å². The summed E-state index contributed by atoms with van der Waals surface area (Å²) >= 11 is 0. The van der Waals surface area contributed by atoms with E-state index in [4.69, 9.17) is 4.74 Å². The molecule has 0 atom stereocenters. The van der Waals surface area contributed by atoms with Crippen molar-refractivity contribution >= 4 is 5.91 Å². The minimum atomic E-state index is 0.168. The number of hydrogen-bond donors (Lipinski definition) is 1. The van der Waals surface area contributed by atoms with Crippen molar-refractivity contribution < 1.29 is 9.53 Å². The van der Waals surface area contributed by atoms with Gasteiger partial charge in [0.25, 0.3) is 0 Å². The number of carbonyl (C=O) groups is 1. The molecule has 1 amide bonds. The molecule has 1 heterocycles. The molecule has 0 aromatic heterocycles. The average Bonchev–Trinajstić information content (AvgIpc) is 2.48. The third kappa shape index (κ3) is 3.47. The zero-order chi connectivity index (χ0) is 13.7. The van der Waals surface area contributed by atoms with Crippen molar-refractivity contribution in [2.75, 3.05) is 27.2 Å². The van der Waals surface area contributed by atoms with Crippen LogP contribution in [0.3, 0.4) is 0 Å². The van der Waals surface area contributed by atoms with Gasteiger partial charge < -0.3 is 15.0 Å². The van der Waals surface area contributed by atoms with Gasteiger partial charge in [-0.05, 0) is 32.0 Å². The second kappa shape index (κ2) is 6.57. The Morgan fingerprint density at radius 1 is 1.37 bits per heavy atom. The van der Waals surface area contributed by atoms with Gasteiger partial charge in [-0.2, -0.15) is 0 Å². The molecule has 1 aromatic rings. The molecule has 0 radical (unpaired) electrons. The Morgan fingerprint density at radius 2 is 2.05 bits per heavy atom. The zero-order valence-electron chi connectivity index (χ0n) is 11.7. The van der Waals surface area contributed by atoms with Crippen LogP contribution in [0.4, 0.5) is 0 Å². The van der Waals surface area contributed by atoms with E-state index in [0.29, 0.717) is 6.54 Å². The fourth-order valence-electron chi connectivity index (χ4n) is 2.55. The zero-order valence-corrected chi connectivity index (χ0v) is 11.7. The Hall–Kier alpha value is -1.55. The van der Waals surface area contributed by atoms with Gasteiger partial charge in [0.15, 0.2) is 0 Å². The number of amides is 1. The van der Waals surface area contributed by atoms with Crippen molar-refractivity contribution in [1.29, 1.82) is 0 Å². The van der Waals surface area contributed by atoms with Crippen molar-refractivity contribution in [3.05, 3.63) is 29.8 Å². The highest BCUT2D eigenvalue weighted by Gasteiger charge is 2.24. The van der Waals surface area contributed by atoms with E-state index in [1.165, 1.54) is 0 Å². The van der Waals surface area contributed by atoms with Gasteiger partial charge in [-0.1, -0.05) is 18.2 Å². The van der Waals surface area contributed by atoms with Crippen LogP contribution in [0.25, 0.3) is 0 Å². The Kier molecular flexibility index (Phi) is 4.80. The van der Waals surface area contributed by atoms with Crippen LogP contribution in [-0.2, 0) is 11.3 Å². The van der Waals surface area contributed by atoms with Gasteiger partial charge in [-0.3, -0.25) is 4.79 Å². The predicted molar refractivity (Wildman–Crippen MR) is 75.1 cm³/mol. The maximum absolute atomic E-state index is 12.4. The smallest absolute Gasteiger partial charge is 0.225 e. The maximum Gasteiger partial charge on any atom is 0.225 e. The molecule has 1 N–H and O–H groups in total. The molecule has 0 spiro atoms. The van der Waals surface area contributed by atoms with Crippen LogP contribution in [0.2, 0.25) is 0 Å². The first kappa shape index (κ1) is 13.9. The summed E-state index contributed by atoms with van der Waals surface area (Å²) in [6, 6.07) is 7.85. The summed E-state index contributed by atoms with van der Waals surface area (Å²) in [4.78, 5) is 14.2. The van der Waals surface area contributed by atoms with Crippen molar-refractivity contribution in [3.63, 3.8) is 0 Å². The van der Waals surface area contributed by atoms with Crippen LogP contribution in [-0.4, -0.2) is 38.1 Å². The summed E-state index contributed by atoms with van der Waals surface area (Å²) in [5.41, 5.74) is 1.05. The molecule has 0 saturated carbocycles.